The van der Waals surface area contributed by atoms with Crippen molar-refractivity contribution in [2.24, 2.45) is 0 Å². The Bertz CT molecular complexity index is 463. The van der Waals surface area contributed by atoms with E-state index in [2.05, 4.69) is 0 Å². The molecule has 0 aliphatic carbocycles. The number of aromatic hydroxyl groups is 1. The predicted octanol–water partition coefficient (Wildman–Crippen LogP) is 3.51. The Morgan fingerprint density at radius 1 is 1.15 bits per heavy atom. The van der Waals surface area contributed by atoms with Crippen LogP contribution in [0.1, 0.15) is 5.56 Å². The zero-order valence-corrected chi connectivity index (χ0v) is 7.97. The van der Waals surface area contributed by atoms with Crippen LogP contribution in [0.2, 0.25) is 5.02 Å². The molecule has 2 rings (SSSR count). The van der Waals surface area contributed by atoms with Crippen molar-refractivity contribution in [2.75, 3.05) is 0 Å². The van der Waals surface area contributed by atoms with E-state index >= 15 is 0 Å². The van der Waals surface area contributed by atoms with Crippen molar-refractivity contribution in [2.45, 2.75) is 6.92 Å². The number of hydrogen-bond acceptors (Lipinski definition) is 1. The molecule has 0 spiro atoms. The molecular weight excluding hydrogens is 184 g/mol. The summed E-state index contributed by atoms with van der Waals surface area (Å²) in [6.07, 6.45) is 0. The third-order valence-corrected chi connectivity index (χ3v) is 2.49. The van der Waals surface area contributed by atoms with Crippen LogP contribution in [-0.2, 0) is 0 Å². The fraction of sp³-hybridized carbons (Fsp3) is 0.0909. The van der Waals surface area contributed by atoms with E-state index in [1.165, 1.54) is 5.56 Å². The quantitative estimate of drug-likeness (QED) is 0.677. The number of phenols is 1. The molecule has 0 atom stereocenters. The van der Waals surface area contributed by atoms with Crippen LogP contribution in [0, 0.1) is 6.92 Å². The molecule has 0 saturated heterocycles. The lowest BCUT2D eigenvalue weighted by Crippen LogP contribution is -1.77. The molecule has 0 unspecified atom stereocenters. The van der Waals surface area contributed by atoms with Crippen molar-refractivity contribution in [3.63, 3.8) is 0 Å². The highest BCUT2D eigenvalue weighted by Gasteiger charge is 2.03. The SMILES string of the molecule is Cc1ccc2c(Cl)c(O)ccc2c1. The van der Waals surface area contributed by atoms with Gasteiger partial charge >= 0.3 is 0 Å². The fourth-order valence-corrected chi connectivity index (χ4v) is 1.63. The summed E-state index contributed by atoms with van der Waals surface area (Å²) >= 11 is 5.93. The summed E-state index contributed by atoms with van der Waals surface area (Å²) < 4.78 is 0. The standard InChI is InChI=1S/C11H9ClO/c1-7-2-4-9-8(6-7)3-5-10(13)11(9)12/h2-6,13H,1H3. The molecule has 0 amide bonds. The van der Waals surface area contributed by atoms with E-state index in [1.54, 1.807) is 6.07 Å². The normalized spacial score (nSPS) is 10.6. The van der Waals surface area contributed by atoms with Crippen molar-refractivity contribution < 1.29 is 5.11 Å². The van der Waals surface area contributed by atoms with Gasteiger partial charge in [-0.15, -0.1) is 0 Å². The largest absolute Gasteiger partial charge is 0.506 e. The highest BCUT2D eigenvalue weighted by atomic mass is 35.5. The van der Waals surface area contributed by atoms with Gasteiger partial charge < -0.3 is 5.11 Å². The number of fused-ring (bicyclic) bond motifs is 1. The maximum Gasteiger partial charge on any atom is 0.134 e. The first-order chi connectivity index (χ1) is 6.18. The smallest absolute Gasteiger partial charge is 0.134 e. The van der Waals surface area contributed by atoms with Crippen LogP contribution in [0.4, 0.5) is 0 Å². The van der Waals surface area contributed by atoms with Gasteiger partial charge in [0.25, 0.3) is 0 Å². The average Bonchev–Trinajstić information content (AvgIpc) is 2.12. The maximum absolute atomic E-state index is 9.35. The van der Waals surface area contributed by atoms with Gasteiger partial charge in [-0.05, 0) is 18.4 Å². The molecule has 0 radical (unpaired) electrons. The molecule has 0 bridgehead atoms. The zero-order valence-electron chi connectivity index (χ0n) is 7.21. The Morgan fingerprint density at radius 3 is 2.69 bits per heavy atom. The predicted molar refractivity (Wildman–Crippen MR) is 55.4 cm³/mol. The second-order valence-electron chi connectivity index (χ2n) is 3.12. The van der Waals surface area contributed by atoms with E-state index in [9.17, 15) is 5.11 Å². The highest BCUT2D eigenvalue weighted by molar-refractivity contribution is 6.37. The van der Waals surface area contributed by atoms with E-state index in [0.29, 0.717) is 5.02 Å². The molecule has 2 heteroatoms. The second-order valence-corrected chi connectivity index (χ2v) is 3.50. The summed E-state index contributed by atoms with van der Waals surface area (Å²) in [5, 5.41) is 11.7. The molecule has 13 heavy (non-hydrogen) atoms. The van der Waals surface area contributed by atoms with Crippen molar-refractivity contribution in [1.29, 1.82) is 0 Å². The molecular formula is C11H9ClO. The molecule has 0 aliphatic rings. The van der Waals surface area contributed by atoms with Crippen molar-refractivity contribution in [3.05, 3.63) is 40.9 Å². The highest BCUT2D eigenvalue weighted by Crippen LogP contribution is 2.31. The molecule has 2 aromatic rings. The van der Waals surface area contributed by atoms with Gasteiger partial charge in [-0.3, -0.25) is 0 Å². The molecule has 0 saturated carbocycles. The van der Waals surface area contributed by atoms with E-state index in [1.807, 2.05) is 31.2 Å². The molecule has 66 valence electrons. The van der Waals surface area contributed by atoms with Crippen molar-refractivity contribution in [1.82, 2.24) is 0 Å². The van der Waals surface area contributed by atoms with Gasteiger partial charge in [0.05, 0.1) is 5.02 Å². The topological polar surface area (TPSA) is 20.2 Å². The summed E-state index contributed by atoms with van der Waals surface area (Å²) in [6.45, 7) is 2.03. The van der Waals surface area contributed by atoms with Crippen LogP contribution in [0.5, 0.6) is 5.75 Å². The van der Waals surface area contributed by atoms with Gasteiger partial charge in [0.15, 0.2) is 0 Å². The van der Waals surface area contributed by atoms with Gasteiger partial charge in [-0.1, -0.05) is 41.4 Å². The van der Waals surface area contributed by atoms with Crippen molar-refractivity contribution >= 4 is 22.4 Å². The van der Waals surface area contributed by atoms with Gasteiger partial charge in [0, 0.05) is 5.39 Å². The Hall–Kier alpha value is -1.21. The lowest BCUT2D eigenvalue weighted by Gasteiger charge is -2.03. The minimum Gasteiger partial charge on any atom is -0.506 e. The van der Waals surface area contributed by atoms with Crippen LogP contribution in [0.3, 0.4) is 0 Å². The first kappa shape index (κ1) is 8.39. The minimum atomic E-state index is 0.137. The number of aryl methyl sites for hydroxylation is 1. The minimum absolute atomic E-state index is 0.137. The summed E-state index contributed by atoms with van der Waals surface area (Å²) in [7, 11) is 0. The van der Waals surface area contributed by atoms with Crippen LogP contribution >= 0.6 is 11.6 Å². The maximum atomic E-state index is 9.35. The number of hydrogen-bond donors (Lipinski definition) is 1. The molecule has 0 heterocycles. The summed E-state index contributed by atoms with van der Waals surface area (Å²) in [5.41, 5.74) is 1.19. The third kappa shape index (κ3) is 1.36. The first-order valence-corrected chi connectivity index (χ1v) is 4.44. The summed E-state index contributed by atoms with van der Waals surface area (Å²) in [6, 6.07) is 9.43. The van der Waals surface area contributed by atoms with E-state index in [-0.39, 0.29) is 5.75 Å². The van der Waals surface area contributed by atoms with Crippen LogP contribution in [0.15, 0.2) is 30.3 Å². The first-order valence-electron chi connectivity index (χ1n) is 4.06. The molecule has 1 N–H and O–H groups in total. The zero-order chi connectivity index (χ0) is 9.42. The Morgan fingerprint density at radius 2 is 1.92 bits per heavy atom. The molecule has 0 aliphatic heterocycles. The Balaban J connectivity index is 2.87. The Labute approximate surface area is 81.6 Å². The van der Waals surface area contributed by atoms with E-state index < -0.39 is 0 Å². The molecule has 2 aromatic carbocycles. The molecule has 1 nitrogen and oxygen atoms in total. The van der Waals surface area contributed by atoms with Gasteiger partial charge in [0.2, 0.25) is 0 Å². The molecule has 0 aromatic heterocycles. The van der Waals surface area contributed by atoms with Crippen LogP contribution < -0.4 is 0 Å². The van der Waals surface area contributed by atoms with Gasteiger partial charge in [-0.2, -0.15) is 0 Å². The Kier molecular flexibility index (Phi) is 1.89. The summed E-state index contributed by atoms with van der Waals surface area (Å²) in [4.78, 5) is 0. The number of rotatable bonds is 0. The molecule has 0 fully saturated rings. The van der Waals surface area contributed by atoms with Crippen LogP contribution in [-0.4, -0.2) is 5.11 Å². The third-order valence-electron chi connectivity index (χ3n) is 2.09. The number of phenolic OH excluding ortho intramolecular Hbond substituents is 1. The fourth-order valence-electron chi connectivity index (χ4n) is 1.40. The average molecular weight is 193 g/mol. The lowest BCUT2D eigenvalue weighted by molar-refractivity contribution is 0.476. The summed E-state index contributed by atoms with van der Waals surface area (Å²) in [5.74, 6) is 0.137. The second kappa shape index (κ2) is 2.93. The monoisotopic (exact) mass is 192 g/mol. The van der Waals surface area contributed by atoms with E-state index in [4.69, 9.17) is 11.6 Å². The van der Waals surface area contributed by atoms with Crippen LogP contribution in [0.25, 0.3) is 10.8 Å². The number of halogens is 1. The lowest BCUT2D eigenvalue weighted by atomic mass is 10.1. The van der Waals surface area contributed by atoms with E-state index in [0.717, 1.165) is 10.8 Å². The van der Waals surface area contributed by atoms with Gasteiger partial charge in [0.1, 0.15) is 5.75 Å². The van der Waals surface area contributed by atoms with Gasteiger partial charge in [-0.25, -0.2) is 0 Å². The van der Waals surface area contributed by atoms with Crippen molar-refractivity contribution in [3.8, 4) is 5.75 Å². The number of benzene rings is 2.